The van der Waals surface area contributed by atoms with Crippen molar-refractivity contribution in [3.05, 3.63) is 82.4 Å². The Morgan fingerprint density at radius 2 is 1.28 bits per heavy atom. The number of halogens is 10. The van der Waals surface area contributed by atoms with Gasteiger partial charge in [-0.1, -0.05) is 70.2 Å². The molecule has 3 aliphatic carbocycles. The van der Waals surface area contributed by atoms with Gasteiger partial charge in [-0.2, -0.15) is 26.3 Å². The Balaban J connectivity index is 1.22. The Bertz CT molecular complexity index is 3710. The lowest BCUT2D eigenvalue weighted by Gasteiger charge is -2.46. The van der Waals surface area contributed by atoms with Gasteiger partial charge in [-0.3, -0.25) is 57.5 Å². The van der Waals surface area contributed by atoms with Gasteiger partial charge in [0.15, 0.2) is 0 Å². The van der Waals surface area contributed by atoms with Gasteiger partial charge in [-0.15, -0.1) is 0 Å². The lowest BCUT2D eigenvalue weighted by atomic mass is 9.74. The number of hydrogen-bond donors (Lipinski definition) is 3. The van der Waals surface area contributed by atoms with Crippen LogP contribution in [0.1, 0.15) is 146 Å². The zero-order chi connectivity index (χ0) is 80.0. The molecule has 0 aromatic heterocycles. The summed E-state index contributed by atoms with van der Waals surface area (Å²) in [5, 5.41) is 7.76. The predicted molar refractivity (Wildman–Crippen MR) is 371 cm³/mol. The molecule has 12 amide bonds. The second-order valence-corrected chi connectivity index (χ2v) is 29.9. The number of nitrogens with one attached hydrogen (secondary N) is 3. The van der Waals surface area contributed by atoms with Gasteiger partial charge in [-0.05, 0) is 124 Å². The number of aryl methyl sites for hydroxylation is 1. The molecule has 3 N–H and O–H groups in total. The number of likely N-dealkylation sites (N-methyl/N-ethyl adjacent to an activating group) is 7. The summed E-state index contributed by atoms with van der Waals surface area (Å²) in [5.74, 6) is -20.7. The zero-order valence-corrected chi connectivity index (χ0v) is 62.4. The van der Waals surface area contributed by atoms with Crippen molar-refractivity contribution in [2.75, 3.05) is 82.1 Å². The predicted octanol–water partition coefficient (Wildman–Crippen LogP) is 6.11. The van der Waals surface area contributed by atoms with E-state index in [9.17, 15) is 59.9 Å². The van der Waals surface area contributed by atoms with Crippen molar-refractivity contribution in [2.45, 2.75) is 208 Å². The normalized spacial score (nSPS) is 26.5. The summed E-state index contributed by atoms with van der Waals surface area (Å²) in [4.78, 5) is 189. The Morgan fingerprint density at radius 1 is 0.657 bits per heavy atom. The molecule has 9 atom stereocenters. The van der Waals surface area contributed by atoms with Gasteiger partial charge in [0.2, 0.25) is 70.9 Å². The summed E-state index contributed by atoms with van der Waals surface area (Å²) in [6, 6.07) is -8.88. The number of hydrogen-bond acceptors (Lipinski definition) is 12. The summed E-state index contributed by atoms with van der Waals surface area (Å²) in [5.41, 5.74) is -5.75. The van der Waals surface area contributed by atoms with Crippen LogP contribution >= 0.6 is 0 Å². The molecular formula is C74H98F10N12O12. The number of carbonyl (C=O) groups excluding carboxylic acids is 12. The van der Waals surface area contributed by atoms with Crippen molar-refractivity contribution in [3.8, 4) is 0 Å². The highest BCUT2D eigenvalue weighted by Crippen LogP contribution is 2.41. The fourth-order valence-electron chi connectivity index (χ4n) is 15.0. The molecule has 2 bridgehead atoms. The quantitative estimate of drug-likeness (QED) is 0.160. The maximum Gasteiger partial charge on any atom is 0.422 e. The molecule has 34 heteroatoms. The zero-order valence-electron chi connectivity index (χ0n) is 62.4. The molecule has 24 nitrogen and oxygen atoms in total. The first-order valence-electron chi connectivity index (χ1n) is 36.6. The Morgan fingerprint density at radius 3 is 1.84 bits per heavy atom. The van der Waals surface area contributed by atoms with Crippen molar-refractivity contribution in [3.63, 3.8) is 0 Å². The van der Waals surface area contributed by atoms with E-state index in [0.717, 1.165) is 65.6 Å². The van der Waals surface area contributed by atoms with E-state index >= 15 is 41.5 Å². The molecule has 8 rings (SSSR count). The van der Waals surface area contributed by atoms with E-state index in [2.05, 4.69) is 16.0 Å². The van der Waals surface area contributed by atoms with E-state index in [4.69, 9.17) is 0 Å². The molecule has 5 fully saturated rings. The summed E-state index contributed by atoms with van der Waals surface area (Å²) in [6.45, 7) is 1.58. The molecule has 2 saturated heterocycles. The van der Waals surface area contributed by atoms with Gasteiger partial charge in [0.25, 0.3) is 5.92 Å². The number of rotatable bonds is 12. The van der Waals surface area contributed by atoms with Gasteiger partial charge < -0.3 is 60.0 Å². The van der Waals surface area contributed by atoms with Crippen molar-refractivity contribution in [2.24, 2.45) is 17.8 Å². The SMILES string of the molecule is CC[C@H](C)[C@@H]1NC(=O)[C@H](CC2CC2)N(C)C(=O)C[C@@H](C(=O)N(C)CC)N(C)C(=O)[C@H](C2CCCC2)N(C)C(=O)C2(CCC2)NC(=O)[C@@H]2CC(F)(F)CN2C(=O)[C@@H](CCc2cc(F)c(C(F)(F)F)c(F)c2)NC(=O)CN(C)C(=O)[C@H](Cc2ccc(C(F)(F)F)cc2)N2CC/C=C\C[C@@H](C2=O)N(C)C(=O)CN(C)C1=O. The van der Waals surface area contributed by atoms with Crippen LogP contribution in [0.4, 0.5) is 43.9 Å². The number of amides is 12. The molecule has 3 aliphatic heterocycles. The number of fused-ring (bicyclic) bond motifs is 3. The first-order valence-corrected chi connectivity index (χ1v) is 36.6. The monoisotopic (exact) mass is 1540 g/mol. The third kappa shape index (κ3) is 19.8. The largest absolute Gasteiger partial charge is 0.422 e. The summed E-state index contributed by atoms with van der Waals surface area (Å²) in [7, 11) is 8.99. The lowest BCUT2D eigenvalue weighted by molar-refractivity contribution is -0.158. The lowest BCUT2D eigenvalue weighted by Crippen LogP contribution is -2.68. The average molecular weight is 1540 g/mol. The van der Waals surface area contributed by atoms with Crippen LogP contribution < -0.4 is 16.0 Å². The molecule has 1 spiro atoms. The molecule has 2 aromatic carbocycles. The molecule has 0 unspecified atom stereocenters. The maximum atomic E-state index is 16.1. The second kappa shape index (κ2) is 34.8. The molecule has 108 heavy (non-hydrogen) atoms. The van der Waals surface area contributed by atoms with E-state index in [1.807, 2.05) is 0 Å². The molecule has 3 saturated carbocycles. The van der Waals surface area contributed by atoms with Crippen LogP contribution in [0.2, 0.25) is 0 Å². The minimum absolute atomic E-state index is 0.0351. The van der Waals surface area contributed by atoms with Crippen LogP contribution in [0.25, 0.3) is 0 Å². The molecule has 6 aliphatic rings. The van der Waals surface area contributed by atoms with Crippen molar-refractivity contribution < 1.29 is 101 Å². The van der Waals surface area contributed by atoms with Crippen LogP contribution in [-0.2, 0) is 82.7 Å². The minimum atomic E-state index is -5.52. The van der Waals surface area contributed by atoms with Crippen LogP contribution in [0.3, 0.4) is 0 Å². The first-order chi connectivity index (χ1) is 50.5. The van der Waals surface area contributed by atoms with Gasteiger partial charge in [0, 0.05) is 75.3 Å². The summed E-state index contributed by atoms with van der Waals surface area (Å²) < 4.78 is 146. The molecular weight excluding hydrogens is 1440 g/mol. The highest BCUT2D eigenvalue weighted by Gasteiger charge is 2.56. The van der Waals surface area contributed by atoms with E-state index in [1.54, 1.807) is 32.9 Å². The highest BCUT2D eigenvalue weighted by atomic mass is 19.4. The van der Waals surface area contributed by atoms with Gasteiger partial charge in [0.1, 0.15) is 71.1 Å². The Kier molecular flexibility index (Phi) is 27.3. The van der Waals surface area contributed by atoms with E-state index in [-0.39, 0.29) is 63.1 Å². The van der Waals surface area contributed by atoms with Gasteiger partial charge >= 0.3 is 12.4 Å². The van der Waals surface area contributed by atoms with E-state index < -0.39 is 235 Å². The van der Waals surface area contributed by atoms with Crippen molar-refractivity contribution in [1.29, 1.82) is 0 Å². The van der Waals surface area contributed by atoms with Crippen molar-refractivity contribution in [1.82, 2.24) is 60.0 Å². The average Bonchev–Trinajstić information content (AvgIpc) is 1.19. The smallest absolute Gasteiger partial charge is 0.344 e. The van der Waals surface area contributed by atoms with E-state index in [0.29, 0.717) is 62.0 Å². The topological polar surface area (TPSA) is 270 Å². The van der Waals surface area contributed by atoms with Gasteiger partial charge in [-0.25, -0.2) is 17.6 Å². The van der Waals surface area contributed by atoms with E-state index in [1.165, 1.54) is 47.2 Å². The van der Waals surface area contributed by atoms with Crippen LogP contribution in [-0.4, -0.2) is 257 Å². The van der Waals surface area contributed by atoms with Gasteiger partial charge in [0.05, 0.1) is 31.6 Å². The standard InChI is InChI=1S/C74H98F10N12O12/c1-11-42(3)60-68(106)90(6)40-58(99)91(7)51-21-14-13-17-32-95(67(51)105)54(36-44-24-27-47(28-25-44)73(79,80)81)66(104)89(5)39-56(97)85-50(29-26-45-33-48(75)59(49(76)34-45)74(82,83)84)64(102)96-41-72(77,78)38-55(96)63(101)87-71(30-18-31-71)70(108)94(10)61(46-19-15-16-20-46)69(107)93(9)53(65(103)88(4)12-2)37-57(98)92(8)52(62(100)86-60)35-43-22-23-43/h13-14,24-25,27-28,33-34,42-43,46,50-55,60-61H,11-12,15-23,26,29-32,35-41H2,1-10H3,(H,85,97)(H,86,100)(H,87,101)/b14-13-/t42-,50+,51-,52-,53-,54-,55-,60-,61-/m0/s1. The third-order valence-electron chi connectivity index (χ3n) is 22.3. The fraction of sp³-hybridized carbons (Fsp3) is 0.649. The Labute approximate surface area is 620 Å². The number of carbonyl (C=O) groups is 12. The van der Waals surface area contributed by atoms with Crippen LogP contribution in [0.15, 0.2) is 48.6 Å². The minimum Gasteiger partial charge on any atom is -0.344 e. The molecule has 2 aromatic rings. The summed E-state index contributed by atoms with van der Waals surface area (Å²) >= 11 is 0. The molecule has 3 heterocycles. The summed E-state index contributed by atoms with van der Waals surface area (Å²) in [6.07, 6.45) is -7.67. The maximum absolute atomic E-state index is 16.1. The Hall–Kier alpha value is -8.88. The number of benzene rings is 2. The third-order valence-corrected chi connectivity index (χ3v) is 22.3. The van der Waals surface area contributed by atoms with Crippen LogP contribution in [0, 0.1) is 29.4 Å². The molecule has 0 radical (unpaired) electrons. The number of alkyl halides is 8. The van der Waals surface area contributed by atoms with Crippen molar-refractivity contribution >= 4 is 70.9 Å². The first kappa shape index (κ1) is 84.7. The second-order valence-electron chi connectivity index (χ2n) is 29.9. The fourth-order valence-corrected chi connectivity index (χ4v) is 15.0. The highest BCUT2D eigenvalue weighted by molar-refractivity contribution is 6.01. The van der Waals surface area contributed by atoms with Crippen LogP contribution in [0.5, 0.6) is 0 Å². The number of nitrogens with zero attached hydrogens (tertiary/aromatic N) is 9. The molecule has 596 valence electrons.